The van der Waals surface area contributed by atoms with Crippen LogP contribution in [0.15, 0.2) is 36.4 Å². The number of halogens is 1. The molecule has 5 aliphatic rings. The van der Waals surface area contributed by atoms with Gasteiger partial charge in [-0.05, 0) is 146 Å². The summed E-state index contributed by atoms with van der Waals surface area (Å²) in [5, 5.41) is 20.0. The molecule has 4 fully saturated rings. The van der Waals surface area contributed by atoms with Crippen LogP contribution in [-0.2, 0) is 4.79 Å². The predicted octanol–water partition coefficient (Wildman–Crippen LogP) is 9.65. The Hall–Kier alpha value is -2.43. The average Bonchev–Trinajstić information content (AvgIpc) is 3.34. The molecule has 5 aliphatic carbocycles. The van der Waals surface area contributed by atoms with Crippen molar-refractivity contribution in [3.8, 4) is 0 Å². The van der Waals surface area contributed by atoms with Crippen LogP contribution in [0.1, 0.15) is 122 Å². The summed E-state index contributed by atoms with van der Waals surface area (Å²) in [6, 6.07) is 4.62. The number of benzene rings is 1. The Morgan fingerprint density at radius 3 is 2.28 bits per heavy atom. The van der Waals surface area contributed by atoms with Crippen LogP contribution in [0.5, 0.6) is 0 Å². The van der Waals surface area contributed by atoms with Gasteiger partial charge in [0, 0.05) is 0 Å². The second-order valence-corrected chi connectivity index (χ2v) is 16.3. The minimum Gasteiger partial charge on any atom is -0.481 e. The van der Waals surface area contributed by atoms with Crippen molar-refractivity contribution in [3.05, 3.63) is 53.4 Å². The van der Waals surface area contributed by atoms with E-state index in [1.807, 2.05) is 0 Å². The van der Waals surface area contributed by atoms with Crippen molar-refractivity contribution in [1.29, 1.82) is 0 Å². The summed E-state index contributed by atoms with van der Waals surface area (Å²) >= 11 is 0. The number of hydrogen-bond donors (Lipinski definition) is 2. The van der Waals surface area contributed by atoms with E-state index in [9.17, 15) is 24.2 Å². The SMILES string of the molecule is C=C(C)[C@@H]1CC[C@]2(C(=O)O)CC[C@]3(C)[C@H](CCC4C5(CC)CC=C(c6ccc(C(=O)O)c(F)c6)C(C)(C)C5CC[C@]43C)C12. The van der Waals surface area contributed by atoms with Crippen LogP contribution < -0.4 is 0 Å². The molecule has 1 aromatic carbocycles. The number of aromatic carboxylic acids is 1. The number of hydrogen-bond acceptors (Lipinski definition) is 2. The van der Waals surface area contributed by atoms with E-state index in [1.54, 1.807) is 6.07 Å². The zero-order valence-electron chi connectivity index (χ0n) is 27.1. The molecule has 0 amide bonds. The van der Waals surface area contributed by atoms with Crippen molar-refractivity contribution in [2.24, 2.45) is 56.7 Å². The predicted molar refractivity (Wildman–Crippen MR) is 168 cm³/mol. The molecule has 0 heterocycles. The smallest absolute Gasteiger partial charge is 0.338 e. The monoisotopic (exact) mass is 590 g/mol. The van der Waals surface area contributed by atoms with E-state index in [-0.39, 0.29) is 33.1 Å². The highest BCUT2D eigenvalue weighted by atomic mass is 19.1. The van der Waals surface area contributed by atoms with E-state index in [0.29, 0.717) is 23.7 Å². The molecule has 0 radical (unpaired) electrons. The van der Waals surface area contributed by atoms with Crippen molar-refractivity contribution >= 4 is 17.5 Å². The van der Waals surface area contributed by atoms with E-state index >= 15 is 0 Å². The minimum absolute atomic E-state index is 0.0780. The number of allylic oxidation sites excluding steroid dienone is 3. The molecule has 0 aromatic heterocycles. The summed E-state index contributed by atoms with van der Waals surface area (Å²) < 4.78 is 14.9. The van der Waals surface area contributed by atoms with Crippen molar-refractivity contribution in [3.63, 3.8) is 0 Å². The summed E-state index contributed by atoms with van der Waals surface area (Å²) in [5.74, 6) is -0.660. The van der Waals surface area contributed by atoms with Crippen LogP contribution in [0.25, 0.3) is 5.57 Å². The molecular formula is C38H51FO4. The second-order valence-electron chi connectivity index (χ2n) is 16.3. The van der Waals surface area contributed by atoms with Crippen LogP contribution in [0, 0.1) is 62.5 Å². The van der Waals surface area contributed by atoms with Gasteiger partial charge in [0.05, 0.1) is 11.0 Å². The standard InChI is InChI=1S/C38H51FO4/c1-8-37-18-14-26(23-9-10-25(32(40)41)28(39)21-23)34(4,5)29(37)15-16-36(7)30(37)12-11-27-31-24(22(2)3)13-17-38(31,33(42)43)20-19-35(27,36)6/h9-10,14,21,24,27,29-31H,2,8,11-13,15-20H2,1,3-7H3,(H,40,41)(H,42,43)/t24-,27+,29?,30?,31?,35+,36+,37?,38-/m0/s1. The largest absolute Gasteiger partial charge is 0.481 e. The fourth-order valence-corrected chi connectivity index (χ4v) is 12.8. The highest BCUT2D eigenvalue weighted by molar-refractivity contribution is 5.88. The van der Waals surface area contributed by atoms with E-state index < -0.39 is 23.2 Å². The average molecular weight is 591 g/mol. The third-order valence-electron chi connectivity index (χ3n) is 15.0. The van der Waals surface area contributed by atoms with Gasteiger partial charge >= 0.3 is 11.9 Å². The van der Waals surface area contributed by atoms with Crippen LogP contribution in [0.4, 0.5) is 4.39 Å². The summed E-state index contributed by atoms with van der Waals surface area (Å²) in [5.41, 5.74) is 2.34. The molecule has 43 heavy (non-hydrogen) atoms. The lowest BCUT2D eigenvalue weighted by Crippen LogP contribution is -2.66. The van der Waals surface area contributed by atoms with Gasteiger partial charge in [0.1, 0.15) is 5.82 Å². The lowest BCUT2D eigenvalue weighted by Gasteiger charge is -2.72. The fraction of sp³-hybridized carbons (Fsp3) is 0.684. The molecule has 0 spiro atoms. The Morgan fingerprint density at radius 1 is 0.953 bits per heavy atom. The topological polar surface area (TPSA) is 74.6 Å². The van der Waals surface area contributed by atoms with Crippen molar-refractivity contribution in [2.45, 2.75) is 106 Å². The number of carboxylic acid groups (broad SMARTS) is 2. The van der Waals surface area contributed by atoms with E-state index in [4.69, 9.17) is 0 Å². The molecular weight excluding hydrogens is 539 g/mol. The van der Waals surface area contributed by atoms with Crippen LogP contribution >= 0.6 is 0 Å². The molecule has 0 saturated heterocycles. The highest BCUT2D eigenvalue weighted by Gasteiger charge is 2.72. The molecule has 234 valence electrons. The molecule has 2 N–H and O–H groups in total. The first-order chi connectivity index (χ1) is 20.1. The van der Waals surface area contributed by atoms with Gasteiger partial charge in [0.15, 0.2) is 0 Å². The number of rotatable bonds is 5. The van der Waals surface area contributed by atoms with E-state index in [0.717, 1.165) is 80.9 Å². The Balaban J connectivity index is 1.40. The maximum absolute atomic E-state index is 14.9. The molecule has 9 atom stereocenters. The molecule has 0 bridgehead atoms. The van der Waals surface area contributed by atoms with E-state index in [2.05, 4.69) is 54.2 Å². The first-order valence-electron chi connectivity index (χ1n) is 16.7. The van der Waals surface area contributed by atoms with Gasteiger partial charge in [-0.15, -0.1) is 0 Å². The number of aliphatic carboxylic acids is 1. The molecule has 4 saturated carbocycles. The zero-order valence-corrected chi connectivity index (χ0v) is 27.1. The third-order valence-corrected chi connectivity index (χ3v) is 15.0. The molecule has 4 unspecified atom stereocenters. The lowest BCUT2D eigenvalue weighted by atomic mass is 9.32. The Labute approximate surface area is 257 Å². The third kappa shape index (κ3) is 3.84. The molecule has 6 rings (SSSR count). The summed E-state index contributed by atoms with van der Waals surface area (Å²) in [6.07, 6.45) is 12.4. The Bertz CT molecular complexity index is 1410. The van der Waals surface area contributed by atoms with Gasteiger partial charge in [-0.2, -0.15) is 0 Å². The van der Waals surface area contributed by atoms with Gasteiger partial charge in [-0.1, -0.05) is 58.9 Å². The van der Waals surface area contributed by atoms with Crippen LogP contribution in [0.2, 0.25) is 0 Å². The molecule has 5 heteroatoms. The maximum Gasteiger partial charge on any atom is 0.338 e. The summed E-state index contributed by atoms with van der Waals surface area (Å²) in [7, 11) is 0. The number of carbonyl (C=O) groups is 2. The minimum atomic E-state index is -1.24. The van der Waals surface area contributed by atoms with Crippen LogP contribution in [0.3, 0.4) is 0 Å². The normalized spacial score (nSPS) is 43.0. The lowest BCUT2D eigenvalue weighted by molar-refractivity contribution is -0.232. The van der Waals surface area contributed by atoms with Crippen molar-refractivity contribution < 1.29 is 24.2 Å². The van der Waals surface area contributed by atoms with Gasteiger partial charge in [-0.25, -0.2) is 9.18 Å². The number of carboxylic acids is 2. The highest BCUT2D eigenvalue weighted by Crippen LogP contribution is 2.78. The van der Waals surface area contributed by atoms with Crippen molar-refractivity contribution in [2.75, 3.05) is 0 Å². The summed E-state index contributed by atoms with van der Waals surface area (Å²) in [4.78, 5) is 24.4. The quantitative estimate of drug-likeness (QED) is 0.335. The van der Waals surface area contributed by atoms with Gasteiger partial charge < -0.3 is 10.2 Å². The molecule has 1 aromatic rings. The first-order valence-corrected chi connectivity index (χ1v) is 16.7. The first kappa shape index (κ1) is 30.6. The van der Waals surface area contributed by atoms with Crippen molar-refractivity contribution in [1.82, 2.24) is 0 Å². The zero-order chi connectivity index (χ0) is 31.3. The molecule has 0 aliphatic heterocycles. The van der Waals surface area contributed by atoms with Gasteiger partial charge in [0.25, 0.3) is 0 Å². The van der Waals surface area contributed by atoms with E-state index in [1.165, 1.54) is 12.1 Å². The Kier molecular flexibility index (Phi) is 6.96. The molecule has 4 nitrogen and oxygen atoms in total. The summed E-state index contributed by atoms with van der Waals surface area (Å²) in [6.45, 7) is 18.6. The van der Waals surface area contributed by atoms with Gasteiger partial charge in [0.2, 0.25) is 0 Å². The number of fused-ring (bicyclic) bond motifs is 7. The second kappa shape index (κ2) is 9.78. The fourth-order valence-electron chi connectivity index (χ4n) is 12.8. The van der Waals surface area contributed by atoms with Crippen LogP contribution in [-0.4, -0.2) is 22.2 Å². The Morgan fingerprint density at radius 2 is 1.67 bits per heavy atom. The van der Waals surface area contributed by atoms with Gasteiger partial charge in [-0.3, -0.25) is 4.79 Å². The maximum atomic E-state index is 14.9.